The first kappa shape index (κ1) is 14.8. The molecule has 0 spiro atoms. The molecule has 2 heterocycles. The second-order valence-electron chi connectivity index (χ2n) is 5.95. The van der Waals surface area contributed by atoms with Gasteiger partial charge in [0, 0.05) is 12.6 Å². The van der Waals surface area contributed by atoms with Crippen LogP contribution in [0.25, 0.3) is 0 Å². The topological polar surface area (TPSA) is 46.3 Å². The summed E-state index contributed by atoms with van der Waals surface area (Å²) in [6, 6.07) is 7.83. The van der Waals surface area contributed by atoms with Gasteiger partial charge in [0.2, 0.25) is 0 Å². The number of rotatable bonds is 3. The van der Waals surface area contributed by atoms with Gasteiger partial charge in [0.05, 0.1) is 17.3 Å². The van der Waals surface area contributed by atoms with Crippen LogP contribution in [0.4, 0.5) is 4.39 Å². The van der Waals surface area contributed by atoms with Crippen molar-refractivity contribution in [2.45, 2.75) is 38.6 Å². The monoisotopic (exact) mass is 302 g/mol. The molecule has 0 bridgehead atoms. The molecule has 1 aliphatic heterocycles. The fourth-order valence-electron chi connectivity index (χ4n) is 2.83. The fraction of sp³-hybridized carbons (Fsp3) is 0.412. The zero-order valence-corrected chi connectivity index (χ0v) is 12.8. The predicted molar refractivity (Wildman–Crippen MR) is 80.0 cm³/mol. The number of nitrogens with zero attached hydrogens (tertiary/aromatic N) is 2. The molecule has 1 amide bonds. The molecule has 4 nitrogen and oxygen atoms in total. The second-order valence-corrected chi connectivity index (χ2v) is 5.95. The molecule has 1 atom stereocenters. The van der Waals surface area contributed by atoms with Gasteiger partial charge in [0.15, 0.2) is 5.76 Å². The molecule has 1 aliphatic rings. The van der Waals surface area contributed by atoms with Gasteiger partial charge in [-0.05, 0) is 30.9 Å². The Kier molecular flexibility index (Phi) is 3.96. The summed E-state index contributed by atoms with van der Waals surface area (Å²) in [6.07, 6.45) is 1.69. The lowest BCUT2D eigenvalue weighted by molar-refractivity contribution is 0.0710. The number of amides is 1. The van der Waals surface area contributed by atoms with Gasteiger partial charge in [-0.25, -0.2) is 4.39 Å². The molecular weight excluding hydrogens is 283 g/mol. The first-order valence-electron chi connectivity index (χ1n) is 7.60. The van der Waals surface area contributed by atoms with Crippen LogP contribution < -0.4 is 0 Å². The lowest BCUT2D eigenvalue weighted by Gasteiger charge is -2.22. The van der Waals surface area contributed by atoms with Crippen molar-refractivity contribution in [3.05, 3.63) is 53.2 Å². The summed E-state index contributed by atoms with van der Waals surface area (Å²) in [5, 5.41) is 4.06. The minimum Gasteiger partial charge on any atom is -0.359 e. The van der Waals surface area contributed by atoms with Crippen molar-refractivity contribution < 1.29 is 13.7 Å². The number of carbonyl (C=O) groups excluding carboxylic acids is 1. The van der Waals surface area contributed by atoms with Crippen molar-refractivity contribution in [2.24, 2.45) is 0 Å². The normalized spacial score (nSPS) is 18.2. The Morgan fingerprint density at radius 2 is 2.18 bits per heavy atom. The first-order valence-corrected chi connectivity index (χ1v) is 7.60. The SMILES string of the molecule is CC(C)c1cc([C@@H]2CCCN2C(=O)c2ccccc2F)on1. The Bertz CT molecular complexity index is 681. The Hall–Kier alpha value is -2.17. The van der Waals surface area contributed by atoms with Gasteiger partial charge >= 0.3 is 0 Å². The lowest BCUT2D eigenvalue weighted by Crippen LogP contribution is -2.31. The lowest BCUT2D eigenvalue weighted by atomic mass is 10.1. The van der Waals surface area contributed by atoms with Crippen LogP contribution >= 0.6 is 0 Å². The zero-order valence-electron chi connectivity index (χ0n) is 12.8. The smallest absolute Gasteiger partial charge is 0.257 e. The quantitative estimate of drug-likeness (QED) is 0.863. The van der Waals surface area contributed by atoms with Gasteiger partial charge in [-0.2, -0.15) is 0 Å². The minimum absolute atomic E-state index is 0.109. The minimum atomic E-state index is -0.487. The molecule has 0 radical (unpaired) electrons. The van der Waals surface area contributed by atoms with Gasteiger partial charge in [-0.1, -0.05) is 31.1 Å². The maximum Gasteiger partial charge on any atom is 0.257 e. The van der Waals surface area contributed by atoms with Crippen molar-refractivity contribution >= 4 is 5.91 Å². The Morgan fingerprint density at radius 1 is 1.41 bits per heavy atom. The number of benzene rings is 1. The van der Waals surface area contributed by atoms with Gasteiger partial charge < -0.3 is 9.42 Å². The molecule has 1 aromatic heterocycles. The number of halogens is 1. The number of hydrogen-bond acceptors (Lipinski definition) is 3. The van der Waals surface area contributed by atoms with E-state index in [-0.39, 0.29) is 23.4 Å². The van der Waals surface area contributed by atoms with E-state index in [4.69, 9.17) is 4.52 Å². The molecule has 0 saturated carbocycles. The molecule has 2 aromatic rings. The Balaban J connectivity index is 1.86. The predicted octanol–water partition coefficient (Wildman–Crippen LogP) is 3.91. The molecule has 1 saturated heterocycles. The van der Waals surface area contributed by atoms with Crippen LogP contribution in [0, 0.1) is 5.82 Å². The molecule has 0 unspecified atom stereocenters. The van der Waals surface area contributed by atoms with E-state index in [9.17, 15) is 9.18 Å². The van der Waals surface area contributed by atoms with Crippen LogP contribution in [0.3, 0.4) is 0 Å². The van der Waals surface area contributed by atoms with Crippen LogP contribution in [0.15, 0.2) is 34.9 Å². The summed E-state index contributed by atoms with van der Waals surface area (Å²) in [7, 11) is 0. The highest BCUT2D eigenvalue weighted by molar-refractivity contribution is 5.94. The van der Waals surface area contributed by atoms with Crippen molar-refractivity contribution in [2.75, 3.05) is 6.54 Å². The maximum atomic E-state index is 13.8. The largest absolute Gasteiger partial charge is 0.359 e. The summed E-state index contributed by atoms with van der Waals surface area (Å²) in [6.45, 7) is 4.69. The summed E-state index contributed by atoms with van der Waals surface area (Å²) in [5.74, 6) is 0.183. The van der Waals surface area contributed by atoms with Crippen molar-refractivity contribution in [1.29, 1.82) is 0 Å². The fourth-order valence-corrected chi connectivity index (χ4v) is 2.83. The molecule has 22 heavy (non-hydrogen) atoms. The van der Waals surface area contributed by atoms with Crippen molar-refractivity contribution in [3.63, 3.8) is 0 Å². The number of likely N-dealkylation sites (tertiary alicyclic amines) is 1. The highest BCUT2D eigenvalue weighted by atomic mass is 19.1. The highest BCUT2D eigenvalue weighted by Gasteiger charge is 2.34. The van der Waals surface area contributed by atoms with Crippen LogP contribution in [0.5, 0.6) is 0 Å². The molecule has 1 fully saturated rings. The van der Waals surface area contributed by atoms with Gasteiger partial charge in [-0.15, -0.1) is 0 Å². The molecule has 0 aliphatic carbocycles. The van der Waals surface area contributed by atoms with E-state index in [2.05, 4.69) is 5.16 Å². The number of hydrogen-bond donors (Lipinski definition) is 0. The van der Waals surface area contributed by atoms with E-state index in [0.29, 0.717) is 12.3 Å². The van der Waals surface area contributed by atoms with Crippen molar-refractivity contribution in [3.8, 4) is 0 Å². The van der Waals surface area contributed by atoms with Crippen molar-refractivity contribution in [1.82, 2.24) is 10.1 Å². The Labute approximate surface area is 128 Å². The molecule has 116 valence electrons. The van der Waals surface area contributed by atoms with Crippen LogP contribution in [-0.4, -0.2) is 22.5 Å². The van der Waals surface area contributed by atoms with Gasteiger partial charge in [0.25, 0.3) is 5.91 Å². The molecule has 3 rings (SSSR count). The average Bonchev–Trinajstić information content (AvgIpc) is 3.15. The molecule has 0 N–H and O–H groups in total. The summed E-state index contributed by atoms with van der Waals surface area (Å²) in [5.41, 5.74) is 0.984. The van der Waals surface area contributed by atoms with Crippen LogP contribution in [0.1, 0.15) is 60.5 Å². The third-order valence-corrected chi connectivity index (χ3v) is 4.08. The summed E-state index contributed by atoms with van der Waals surface area (Å²) in [4.78, 5) is 14.3. The van der Waals surface area contributed by atoms with E-state index >= 15 is 0 Å². The summed E-state index contributed by atoms with van der Waals surface area (Å²) < 4.78 is 19.3. The van der Waals surface area contributed by atoms with E-state index in [1.807, 2.05) is 19.9 Å². The molecule has 1 aromatic carbocycles. The second kappa shape index (κ2) is 5.91. The molecular formula is C17H19FN2O2. The van der Waals surface area contributed by atoms with Gasteiger partial charge in [-0.3, -0.25) is 4.79 Å². The first-order chi connectivity index (χ1) is 10.6. The summed E-state index contributed by atoms with van der Waals surface area (Å²) >= 11 is 0. The van der Waals surface area contributed by atoms with Crippen LogP contribution in [-0.2, 0) is 0 Å². The highest BCUT2D eigenvalue weighted by Crippen LogP contribution is 2.34. The van der Waals surface area contributed by atoms with E-state index < -0.39 is 5.82 Å². The van der Waals surface area contributed by atoms with E-state index in [1.54, 1.807) is 17.0 Å². The van der Waals surface area contributed by atoms with Crippen LogP contribution in [0.2, 0.25) is 0 Å². The number of carbonyl (C=O) groups is 1. The maximum absolute atomic E-state index is 13.8. The number of aromatic nitrogens is 1. The van der Waals surface area contributed by atoms with Gasteiger partial charge in [0.1, 0.15) is 5.82 Å². The average molecular weight is 302 g/mol. The van der Waals surface area contributed by atoms with E-state index in [0.717, 1.165) is 18.5 Å². The standard InChI is InChI=1S/C17H19FN2O2/c1-11(2)14-10-16(22-19-14)15-8-5-9-20(15)17(21)12-6-3-4-7-13(12)18/h3-4,6-7,10-11,15H,5,8-9H2,1-2H3/t15-/m0/s1. The third-order valence-electron chi connectivity index (χ3n) is 4.08. The zero-order chi connectivity index (χ0) is 15.7. The molecule has 5 heteroatoms. The third kappa shape index (κ3) is 2.63. The van der Waals surface area contributed by atoms with E-state index in [1.165, 1.54) is 12.1 Å². The Morgan fingerprint density at radius 3 is 2.86 bits per heavy atom.